The second-order valence-electron chi connectivity index (χ2n) is 10.1. The Bertz CT molecular complexity index is 1730. The highest BCUT2D eigenvalue weighted by atomic mass is 35.5. The molecule has 224 valence electrons. The molecule has 1 aromatic carbocycles. The highest BCUT2D eigenvalue weighted by Gasteiger charge is 2.36. The van der Waals surface area contributed by atoms with Crippen molar-refractivity contribution in [1.29, 1.82) is 4.78 Å². The molecule has 2 atom stereocenters. The number of hydrogen-bond donors (Lipinski definition) is 1. The molecule has 3 aromatic rings. The first kappa shape index (κ1) is 30.5. The normalized spacial score (nSPS) is 19.3. The third-order valence-corrected chi connectivity index (χ3v) is 9.84. The molecule has 2 aromatic heterocycles. The number of hydrogen-bond acceptors (Lipinski definition) is 8. The summed E-state index contributed by atoms with van der Waals surface area (Å²) in [6.07, 6.45) is -1.63. The predicted octanol–water partition coefficient (Wildman–Crippen LogP) is 5.94. The molecule has 1 N–H and O–H groups in total. The van der Waals surface area contributed by atoms with E-state index in [2.05, 4.69) is 5.16 Å². The van der Waals surface area contributed by atoms with Crippen LogP contribution in [-0.2, 0) is 32.1 Å². The molecule has 5 rings (SSSR count). The molecule has 0 radical (unpaired) electrons. The van der Waals surface area contributed by atoms with Crippen LogP contribution in [0.1, 0.15) is 53.1 Å². The molecule has 2 aliphatic heterocycles. The lowest BCUT2D eigenvalue weighted by Crippen LogP contribution is -2.41. The Balaban J connectivity index is 1.21. The number of aromatic nitrogens is 2. The Labute approximate surface area is 252 Å². The van der Waals surface area contributed by atoms with Crippen molar-refractivity contribution >= 4 is 55.9 Å². The number of pyridine rings is 1. The molecule has 9 nitrogen and oxygen atoms in total. The number of likely N-dealkylation sites (tertiary alicyclic amines) is 1. The van der Waals surface area contributed by atoms with Gasteiger partial charge in [-0.2, -0.15) is 13.2 Å². The van der Waals surface area contributed by atoms with Gasteiger partial charge in [-0.1, -0.05) is 34.4 Å². The van der Waals surface area contributed by atoms with Crippen LogP contribution >= 0.6 is 34.5 Å². The van der Waals surface area contributed by atoms with Gasteiger partial charge >= 0.3 is 6.18 Å². The number of piperidine rings is 1. The van der Waals surface area contributed by atoms with Crippen LogP contribution in [0.15, 0.2) is 50.7 Å². The minimum Gasteiger partial charge on any atom is -0.387 e. The van der Waals surface area contributed by atoms with Gasteiger partial charge in [0, 0.05) is 53.8 Å². The van der Waals surface area contributed by atoms with Crippen molar-refractivity contribution in [2.24, 2.45) is 5.16 Å². The van der Waals surface area contributed by atoms with Crippen LogP contribution in [0, 0.1) is 4.78 Å². The average molecular weight is 663 g/mol. The summed E-state index contributed by atoms with van der Waals surface area (Å²) in [5, 5.41) is 6.96. The summed E-state index contributed by atoms with van der Waals surface area (Å²) < 4.78 is 60.7. The van der Waals surface area contributed by atoms with Crippen molar-refractivity contribution in [2.45, 2.75) is 48.9 Å². The zero-order chi connectivity index (χ0) is 30.4. The van der Waals surface area contributed by atoms with Gasteiger partial charge in [-0.05, 0) is 31.0 Å². The van der Waals surface area contributed by atoms with Crippen molar-refractivity contribution < 1.29 is 27.0 Å². The van der Waals surface area contributed by atoms with Crippen LogP contribution in [0.5, 0.6) is 0 Å². The molecule has 1 amide bonds. The fourth-order valence-corrected chi connectivity index (χ4v) is 7.58. The zero-order valence-electron chi connectivity index (χ0n) is 22.0. The van der Waals surface area contributed by atoms with E-state index in [4.69, 9.17) is 37.8 Å². The lowest BCUT2D eigenvalue weighted by Gasteiger charge is -2.31. The SMILES string of the molecule is CS(=N)(=O)c1cccc(Cl)c1C1CC(c2csc(C3CCN(C(=O)Cn4cc(Cl)cc(C(F)(F)F)c4=O)CC3)n2)=NO1. The van der Waals surface area contributed by atoms with Crippen LogP contribution in [-0.4, -0.2) is 49.6 Å². The summed E-state index contributed by atoms with van der Waals surface area (Å²) in [5.41, 5.74) is -1.03. The molecule has 0 saturated carbocycles. The van der Waals surface area contributed by atoms with Gasteiger partial charge in [0.15, 0.2) is 6.10 Å². The molecule has 0 bridgehead atoms. The minimum atomic E-state index is -4.88. The van der Waals surface area contributed by atoms with Crippen LogP contribution in [0.25, 0.3) is 0 Å². The first-order chi connectivity index (χ1) is 19.7. The summed E-state index contributed by atoms with van der Waals surface area (Å²) in [5.74, 6) is -0.419. The quantitative estimate of drug-likeness (QED) is 0.351. The van der Waals surface area contributed by atoms with Gasteiger partial charge in [0.05, 0.1) is 30.3 Å². The first-order valence-electron chi connectivity index (χ1n) is 12.7. The van der Waals surface area contributed by atoms with E-state index in [9.17, 15) is 27.0 Å². The maximum atomic E-state index is 13.2. The van der Waals surface area contributed by atoms with E-state index in [1.807, 2.05) is 5.38 Å². The van der Waals surface area contributed by atoms with E-state index < -0.39 is 45.6 Å². The van der Waals surface area contributed by atoms with E-state index in [-0.39, 0.29) is 10.9 Å². The molecule has 1 saturated heterocycles. The number of benzene rings is 1. The molecular formula is C26H24Cl2F3N5O4S2. The van der Waals surface area contributed by atoms with E-state index >= 15 is 0 Å². The van der Waals surface area contributed by atoms with Gasteiger partial charge < -0.3 is 14.3 Å². The number of thiazole rings is 1. The molecule has 4 heterocycles. The largest absolute Gasteiger partial charge is 0.421 e. The van der Waals surface area contributed by atoms with Crippen molar-refractivity contribution in [2.75, 3.05) is 19.3 Å². The van der Waals surface area contributed by atoms with Gasteiger partial charge in [-0.15, -0.1) is 11.3 Å². The number of oxime groups is 1. The van der Waals surface area contributed by atoms with E-state index in [1.54, 1.807) is 18.2 Å². The van der Waals surface area contributed by atoms with Gasteiger partial charge in [0.2, 0.25) is 5.91 Å². The number of nitrogens with zero attached hydrogens (tertiary/aromatic N) is 4. The first-order valence-corrected chi connectivity index (χ1v) is 16.3. The number of alkyl halides is 3. The molecule has 1 fully saturated rings. The molecule has 2 aliphatic rings. The Morgan fingerprint density at radius 1 is 1.26 bits per heavy atom. The number of amides is 1. The summed E-state index contributed by atoms with van der Waals surface area (Å²) >= 11 is 13.6. The van der Waals surface area contributed by atoms with Crippen molar-refractivity contribution in [3.8, 4) is 0 Å². The standard InChI is InChI=1S/C26H24Cl2F3N5O4S2/c1-42(32,39)21-4-2-3-17(28)23(21)20-10-18(34-40-20)19-13-41-24(33-19)14-5-7-35(8-6-14)22(37)12-36-11-15(27)9-16(25(36)38)26(29,30)31/h2-4,9,11,13-14,20,32H,5-8,10,12H2,1H3. The minimum absolute atomic E-state index is 0.0560. The molecule has 2 unspecified atom stereocenters. The highest BCUT2D eigenvalue weighted by Crippen LogP contribution is 2.39. The summed E-state index contributed by atoms with van der Waals surface area (Å²) in [6, 6.07) is 5.44. The molecule has 0 spiro atoms. The van der Waals surface area contributed by atoms with Crippen molar-refractivity contribution in [3.63, 3.8) is 0 Å². The topological polar surface area (TPSA) is 118 Å². The predicted molar refractivity (Wildman–Crippen MR) is 153 cm³/mol. The summed E-state index contributed by atoms with van der Waals surface area (Å²) in [4.78, 5) is 37.3. The highest BCUT2D eigenvalue weighted by molar-refractivity contribution is 7.91. The molecule has 42 heavy (non-hydrogen) atoms. The Kier molecular flexibility index (Phi) is 8.45. The Morgan fingerprint density at radius 2 is 1.98 bits per heavy atom. The van der Waals surface area contributed by atoms with Crippen molar-refractivity contribution in [1.82, 2.24) is 14.5 Å². The number of carbonyl (C=O) groups is 1. The van der Waals surface area contributed by atoms with E-state index in [0.29, 0.717) is 69.9 Å². The average Bonchev–Trinajstić information content (AvgIpc) is 3.59. The summed E-state index contributed by atoms with van der Waals surface area (Å²) in [6.45, 7) is 0.158. The zero-order valence-corrected chi connectivity index (χ0v) is 25.1. The van der Waals surface area contributed by atoms with Crippen molar-refractivity contribution in [3.05, 3.63) is 78.1 Å². The number of halogens is 5. The smallest absolute Gasteiger partial charge is 0.387 e. The van der Waals surface area contributed by atoms with Crippen LogP contribution in [0.4, 0.5) is 13.2 Å². The van der Waals surface area contributed by atoms with E-state index in [1.165, 1.54) is 22.5 Å². The van der Waals surface area contributed by atoms with E-state index in [0.717, 1.165) is 11.2 Å². The lowest BCUT2D eigenvalue weighted by molar-refractivity contribution is -0.139. The van der Waals surface area contributed by atoms with Gasteiger partial charge in [-0.3, -0.25) is 9.59 Å². The molecule has 0 aliphatic carbocycles. The maximum absolute atomic E-state index is 13.2. The molecule has 16 heteroatoms. The third kappa shape index (κ3) is 6.36. The van der Waals surface area contributed by atoms with Crippen LogP contribution in [0.2, 0.25) is 10.0 Å². The fraction of sp³-hybridized carbons (Fsp3) is 0.385. The van der Waals surface area contributed by atoms with Gasteiger partial charge in [-0.25, -0.2) is 14.0 Å². The third-order valence-electron chi connectivity index (χ3n) is 7.10. The maximum Gasteiger partial charge on any atom is 0.421 e. The fourth-order valence-electron chi connectivity index (χ4n) is 5.00. The lowest BCUT2D eigenvalue weighted by atomic mass is 9.97. The van der Waals surface area contributed by atoms with Crippen LogP contribution in [0.3, 0.4) is 0 Å². The molecular weight excluding hydrogens is 638 g/mol. The Morgan fingerprint density at radius 3 is 2.64 bits per heavy atom. The monoisotopic (exact) mass is 661 g/mol. The van der Waals surface area contributed by atoms with Gasteiger partial charge in [0.1, 0.15) is 17.8 Å². The number of carbonyl (C=O) groups excluding carboxylic acids is 1. The summed E-state index contributed by atoms with van der Waals surface area (Å²) in [7, 11) is -3.05. The van der Waals surface area contributed by atoms with Crippen LogP contribution < -0.4 is 5.56 Å². The number of nitrogens with one attached hydrogen (secondary N) is 1. The second kappa shape index (κ2) is 11.6. The van der Waals surface area contributed by atoms with Gasteiger partial charge in [0.25, 0.3) is 5.56 Å². The Hall–Kier alpha value is -2.94. The second-order valence-corrected chi connectivity index (χ2v) is 13.9. The number of rotatable bonds is 6.